The molecule has 0 radical (unpaired) electrons. The Balaban J connectivity index is 1.81. The molecular formula is C20H18N6O. The van der Waals surface area contributed by atoms with E-state index in [1.807, 2.05) is 62.4 Å². The highest BCUT2D eigenvalue weighted by Gasteiger charge is 2.13. The summed E-state index contributed by atoms with van der Waals surface area (Å²) in [5.74, 6) is 1.20. The summed E-state index contributed by atoms with van der Waals surface area (Å²) < 4.78 is 1.66. The maximum absolute atomic E-state index is 12.4. The van der Waals surface area contributed by atoms with Crippen molar-refractivity contribution in [3.63, 3.8) is 0 Å². The van der Waals surface area contributed by atoms with Crippen LogP contribution in [0.2, 0.25) is 0 Å². The fraction of sp³-hybridized carbons (Fsp3) is 0.150. The molecular weight excluding hydrogens is 340 g/mol. The van der Waals surface area contributed by atoms with Crippen LogP contribution in [0.15, 0.2) is 59.4 Å². The second-order valence-corrected chi connectivity index (χ2v) is 6.35. The van der Waals surface area contributed by atoms with E-state index in [1.165, 1.54) is 0 Å². The third-order valence-corrected chi connectivity index (χ3v) is 4.42. The van der Waals surface area contributed by atoms with Crippen molar-refractivity contribution in [2.24, 2.45) is 0 Å². The molecule has 0 aliphatic carbocycles. The Morgan fingerprint density at radius 2 is 1.81 bits per heavy atom. The van der Waals surface area contributed by atoms with Gasteiger partial charge in [0.2, 0.25) is 5.82 Å². The van der Waals surface area contributed by atoms with Gasteiger partial charge in [-0.1, -0.05) is 42.5 Å². The number of aryl methyl sites for hydroxylation is 2. The number of benzene rings is 2. The lowest BCUT2D eigenvalue weighted by atomic mass is 9.97. The topological polar surface area (TPSA) is 89.4 Å². The lowest BCUT2D eigenvalue weighted by molar-refractivity contribution is 0.694. The quantitative estimate of drug-likeness (QED) is 0.606. The summed E-state index contributed by atoms with van der Waals surface area (Å²) in [4.78, 5) is 16.7. The third kappa shape index (κ3) is 3.39. The first-order chi connectivity index (χ1) is 13.1. The van der Waals surface area contributed by atoms with E-state index in [2.05, 4.69) is 25.6 Å². The number of rotatable bonds is 4. The molecule has 0 saturated carbocycles. The molecule has 0 spiro atoms. The van der Waals surface area contributed by atoms with E-state index in [9.17, 15) is 4.79 Å². The van der Waals surface area contributed by atoms with Crippen molar-refractivity contribution in [1.29, 1.82) is 0 Å². The molecule has 134 valence electrons. The summed E-state index contributed by atoms with van der Waals surface area (Å²) in [6.07, 6.45) is 0. The van der Waals surface area contributed by atoms with E-state index >= 15 is 0 Å². The molecule has 0 amide bonds. The summed E-state index contributed by atoms with van der Waals surface area (Å²) >= 11 is 0. The second kappa shape index (κ2) is 6.95. The highest BCUT2D eigenvalue weighted by atomic mass is 16.1. The Morgan fingerprint density at radius 1 is 1.00 bits per heavy atom. The maximum Gasteiger partial charge on any atom is 0.254 e. The molecule has 0 bridgehead atoms. The smallest absolute Gasteiger partial charge is 0.254 e. The number of hydrogen-bond donors (Lipinski definition) is 1. The number of nitrogens with one attached hydrogen (secondary N) is 1. The number of aromatic amines is 1. The molecule has 0 fully saturated rings. The molecule has 0 aliphatic rings. The van der Waals surface area contributed by atoms with E-state index in [4.69, 9.17) is 0 Å². The molecule has 1 N–H and O–H groups in total. The van der Waals surface area contributed by atoms with Gasteiger partial charge in [-0.3, -0.25) is 9.36 Å². The van der Waals surface area contributed by atoms with Crippen LogP contribution >= 0.6 is 0 Å². The van der Waals surface area contributed by atoms with Gasteiger partial charge >= 0.3 is 0 Å². The summed E-state index contributed by atoms with van der Waals surface area (Å²) in [5.41, 5.74) is 4.55. The van der Waals surface area contributed by atoms with Crippen LogP contribution in [0.1, 0.15) is 17.1 Å². The monoisotopic (exact) mass is 358 g/mol. The zero-order valence-electron chi connectivity index (χ0n) is 15.0. The van der Waals surface area contributed by atoms with Crippen LogP contribution in [0.5, 0.6) is 0 Å². The van der Waals surface area contributed by atoms with Gasteiger partial charge in [0.15, 0.2) is 0 Å². The molecule has 0 atom stereocenters. The van der Waals surface area contributed by atoms with E-state index in [-0.39, 0.29) is 5.56 Å². The summed E-state index contributed by atoms with van der Waals surface area (Å²) in [6, 6.07) is 17.6. The Bertz CT molecular complexity index is 1130. The van der Waals surface area contributed by atoms with E-state index in [1.54, 1.807) is 10.6 Å². The average molecular weight is 358 g/mol. The Kier molecular flexibility index (Phi) is 4.33. The zero-order valence-corrected chi connectivity index (χ0v) is 15.0. The summed E-state index contributed by atoms with van der Waals surface area (Å²) in [6.45, 7) is 4.09. The molecule has 0 saturated heterocycles. The van der Waals surface area contributed by atoms with Crippen LogP contribution in [-0.2, 0) is 6.54 Å². The fourth-order valence-corrected chi connectivity index (χ4v) is 3.16. The molecule has 7 heteroatoms. The summed E-state index contributed by atoms with van der Waals surface area (Å²) in [7, 11) is 0. The van der Waals surface area contributed by atoms with Crippen molar-refractivity contribution in [3.05, 3.63) is 82.0 Å². The van der Waals surface area contributed by atoms with Crippen molar-refractivity contribution < 1.29 is 0 Å². The highest BCUT2D eigenvalue weighted by molar-refractivity contribution is 5.80. The Morgan fingerprint density at radius 3 is 2.52 bits per heavy atom. The van der Waals surface area contributed by atoms with Crippen molar-refractivity contribution in [3.8, 4) is 22.5 Å². The summed E-state index contributed by atoms with van der Waals surface area (Å²) in [5, 5.41) is 14.5. The first-order valence-corrected chi connectivity index (χ1v) is 8.59. The van der Waals surface area contributed by atoms with Crippen LogP contribution < -0.4 is 5.56 Å². The number of aromatic nitrogens is 6. The van der Waals surface area contributed by atoms with Gasteiger partial charge in [0.25, 0.3) is 5.56 Å². The molecule has 0 unspecified atom stereocenters. The molecule has 4 aromatic rings. The van der Waals surface area contributed by atoms with Gasteiger partial charge in [0, 0.05) is 17.3 Å². The molecule has 4 rings (SSSR count). The van der Waals surface area contributed by atoms with Crippen molar-refractivity contribution in [2.45, 2.75) is 20.4 Å². The molecule has 2 aromatic carbocycles. The second-order valence-electron chi connectivity index (χ2n) is 6.35. The molecule has 2 aromatic heterocycles. The fourth-order valence-electron chi connectivity index (χ4n) is 3.16. The van der Waals surface area contributed by atoms with E-state index in [0.717, 1.165) is 27.9 Å². The van der Waals surface area contributed by atoms with Gasteiger partial charge in [0.05, 0.1) is 6.54 Å². The molecule has 27 heavy (non-hydrogen) atoms. The standard InChI is InChI=1S/C20H18N6O/c1-13-10-19(27)26(14(2)21-13)12-15-8-9-17(16-6-4-3-5-7-16)18(11-15)20-22-24-25-23-20/h3-11H,12H2,1-2H3,(H,22,23,24,25). The van der Waals surface area contributed by atoms with Gasteiger partial charge in [-0.15, -0.1) is 10.2 Å². The lowest BCUT2D eigenvalue weighted by Gasteiger charge is -2.13. The van der Waals surface area contributed by atoms with Gasteiger partial charge in [-0.05, 0) is 41.8 Å². The van der Waals surface area contributed by atoms with Crippen LogP contribution in [0, 0.1) is 13.8 Å². The SMILES string of the molecule is Cc1cc(=O)n(Cc2ccc(-c3ccccc3)c(-c3nn[nH]n3)c2)c(C)n1. The Hall–Kier alpha value is -3.61. The highest BCUT2D eigenvalue weighted by Crippen LogP contribution is 2.30. The van der Waals surface area contributed by atoms with Crippen molar-refractivity contribution in [1.82, 2.24) is 30.2 Å². The Labute approximate surface area is 155 Å². The van der Waals surface area contributed by atoms with Crippen molar-refractivity contribution in [2.75, 3.05) is 0 Å². The number of H-pyrrole nitrogens is 1. The van der Waals surface area contributed by atoms with E-state index in [0.29, 0.717) is 18.2 Å². The van der Waals surface area contributed by atoms with Crippen LogP contribution in [0.25, 0.3) is 22.5 Å². The number of hydrogen-bond acceptors (Lipinski definition) is 5. The largest absolute Gasteiger partial charge is 0.292 e. The molecule has 2 heterocycles. The third-order valence-electron chi connectivity index (χ3n) is 4.42. The predicted octanol–water partition coefficient (Wildman–Crippen LogP) is 2.76. The zero-order chi connectivity index (χ0) is 18.8. The minimum atomic E-state index is -0.0618. The number of tetrazole rings is 1. The van der Waals surface area contributed by atoms with Crippen LogP contribution in [-0.4, -0.2) is 30.2 Å². The minimum absolute atomic E-state index is 0.0618. The first kappa shape index (κ1) is 16.8. The van der Waals surface area contributed by atoms with E-state index < -0.39 is 0 Å². The molecule has 0 aliphatic heterocycles. The van der Waals surface area contributed by atoms with Crippen LogP contribution in [0.3, 0.4) is 0 Å². The first-order valence-electron chi connectivity index (χ1n) is 8.59. The van der Waals surface area contributed by atoms with Gasteiger partial charge < -0.3 is 0 Å². The van der Waals surface area contributed by atoms with Gasteiger partial charge in [0.1, 0.15) is 5.82 Å². The predicted molar refractivity (Wildman–Crippen MR) is 102 cm³/mol. The minimum Gasteiger partial charge on any atom is -0.292 e. The molecule has 7 nitrogen and oxygen atoms in total. The van der Waals surface area contributed by atoms with Gasteiger partial charge in [-0.25, -0.2) is 4.98 Å². The van der Waals surface area contributed by atoms with Gasteiger partial charge in [-0.2, -0.15) is 5.21 Å². The normalized spacial score (nSPS) is 10.9. The average Bonchev–Trinajstić information content (AvgIpc) is 3.20. The van der Waals surface area contributed by atoms with Crippen LogP contribution in [0.4, 0.5) is 0 Å². The number of nitrogens with zero attached hydrogens (tertiary/aromatic N) is 5. The lowest BCUT2D eigenvalue weighted by Crippen LogP contribution is -2.24. The van der Waals surface area contributed by atoms with Crippen molar-refractivity contribution >= 4 is 0 Å². The maximum atomic E-state index is 12.4.